The van der Waals surface area contributed by atoms with E-state index in [0.29, 0.717) is 38.1 Å². The van der Waals surface area contributed by atoms with Crippen molar-refractivity contribution in [3.05, 3.63) is 66.7 Å². The van der Waals surface area contributed by atoms with E-state index in [1.807, 2.05) is 0 Å². The number of rotatable bonds is 12. The average molecular weight is 849 g/mol. The molecule has 4 aromatic carbocycles. The SMILES string of the molecule is CC(C)N(C(C)C)S(=O)(=O)c1cc(N=Nc2ccc(N3CCOCC3)c(S(N)(=O)=O)c2)c2c(NS(=O)(=O)c3cccc(S(=O)(=O)[O-])c3)cccc2c1O.[K+]. The van der Waals surface area contributed by atoms with E-state index >= 15 is 0 Å². The van der Waals surface area contributed by atoms with Crippen LogP contribution in [0.25, 0.3) is 10.8 Å². The minimum Gasteiger partial charge on any atom is -0.744 e. The Morgan fingerprint density at radius 2 is 1.44 bits per heavy atom. The van der Waals surface area contributed by atoms with E-state index in [-0.39, 0.29) is 84.1 Å². The second kappa shape index (κ2) is 16.9. The molecule has 1 saturated heterocycles. The molecule has 1 fully saturated rings. The van der Waals surface area contributed by atoms with Crippen LogP contribution in [0.2, 0.25) is 0 Å². The van der Waals surface area contributed by atoms with Gasteiger partial charge in [0, 0.05) is 35.9 Å². The van der Waals surface area contributed by atoms with Gasteiger partial charge in [-0.1, -0.05) is 18.2 Å². The van der Waals surface area contributed by atoms with E-state index in [1.54, 1.807) is 32.6 Å². The summed E-state index contributed by atoms with van der Waals surface area (Å²) in [6.45, 7) is 8.15. The smallest absolute Gasteiger partial charge is 0.744 e. The summed E-state index contributed by atoms with van der Waals surface area (Å²) in [4.78, 5) is -0.417. The minimum absolute atomic E-state index is 0. The van der Waals surface area contributed by atoms with Gasteiger partial charge in [-0.15, -0.1) is 5.11 Å². The van der Waals surface area contributed by atoms with E-state index in [2.05, 4.69) is 15.0 Å². The maximum Gasteiger partial charge on any atom is 1.00 e. The van der Waals surface area contributed by atoms with Crippen LogP contribution in [0.4, 0.5) is 22.7 Å². The van der Waals surface area contributed by atoms with Gasteiger partial charge in [0.1, 0.15) is 25.7 Å². The molecule has 17 nitrogen and oxygen atoms in total. The molecule has 4 aromatic rings. The largest absolute Gasteiger partial charge is 1.00 e. The fourth-order valence-electron chi connectivity index (χ4n) is 6.02. The maximum absolute atomic E-state index is 14.1. The number of nitrogens with zero attached hydrogens (tertiary/aromatic N) is 4. The summed E-state index contributed by atoms with van der Waals surface area (Å²) < 4.78 is 124. The number of azo groups is 1. The summed E-state index contributed by atoms with van der Waals surface area (Å²) in [6, 6.07) is 11.7. The molecule has 1 aliphatic heterocycles. The van der Waals surface area contributed by atoms with Crippen LogP contribution in [0.1, 0.15) is 27.7 Å². The molecule has 1 aliphatic rings. The monoisotopic (exact) mass is 848 g/mol. The van der Waals surface area contributed by atoms with E-state index in [4.69, 9.17) is 9.88 Å². The number of hydrogen-bond donors (Lipinski definition) is 3. The first-order valence-electron chi connectivity index (χ1n) is 15.9. The summed E-state index contributed by atoms with van der Waals surface area (Å²) in [5.41, 5.74) is -0.196. The van der Waals surface area contributed by atoms with Gasteiger partial charge in [-0.25, -0.2) is 38.8 Å². The number of primary sulfonamides is 1. The zero-order valence-corrected chi connectivity index (χ0v) is 36.3. The summed E-state index contributed by atoms with van der Waals surface area (Å²) in [6.07, 6.45) is 0. The van der Waals surface area contributed by atoms with Crippen LogP contribution >= 0.6 is 0 Å². The van der Waals surface area contributed by atoms with Crippen LogP contribution in [0.15, 0.2) is 96.5 Å². The quantitative estimate of drug-likeness (QED) is 0.102. The number of anilines is 2. The molecule has 0 aliphatic carbocycles. The number of ether oxygens (including phenoxy) is 1. The third-order valence-corrected chi connectivity index (χ3v) is 13.6. The van der Waals surface area contributed by atoms with Crippen LogP contribution in [0.5, 0.6) is 5.75 Å². The van der Waals surface area contributed by atoms with Crippen molar-refractivity contribution in [1.29, 1.82) is 0 Å². The second-order valence-corrected chi connectivity index (χ2v) is 18.9. The first-order chi connectivity index (χ1) is 24.6. The number of nitrogens with two attached hydrogens (primary N) is 1. The van der Waals surface area contributed by atoms with Gasteiger partial charge in [-0.2, -0.15) is 9.42 Å². The first kappa shape index (κ1) is 44.1. The van der Waals surface area contributed by atoms with Crippen molar-refractivity contribution in [2.24, 2.45) is 15.4 Å². The molecule has 5 rings (SSSR count). The van der Waals surface area contributed by atoms with Gasteiger partial charge in [0.15, 0.2) is 0 Å². The molecular formula is C32H37KN6O11S4. The summed E-state index contributed by atoms with van der Waals surface area (Å²) in [5, 5.41) is 25.2. The van der Waals surface area contributed by atoms with Crippen LogP contribution in [-0.2, 0) is 44.9 Å². The number of sulfonamides is 3. The molecule has 0 radical (unpaired) electrons. The minimum atomic E-state index is -5.02. The van der Waals surface area contributed by atoms with Crippen molar-refractivity contribution in [1.82, 2.24) is 4.31 Å². The molecule has 0 unspecified atom stereocenters. The molecule has 0 aromatic heterocycles. The standard InChI is InChI=1S/C32H38N6O11S4.K/c1-20(2)38(21(3)4)52(44,45)30-19-27(35-34-22-11-12-28(29(17-22)50(33,40)41)37-13-15-49-16-14-37)31-25(32(30)39)9-6-10-26(31)36-51(42,43)23-7-5-8-24(18-23)53(46,47)48;/h5-12,17-21,36,39H,13-16H2,1-4H3,(H2,33,40,41)(H,46,47,48);/q;+1/p-1. The second-order valence-electron chi connectivity index (χ2n) is 12.5. The van der Waals surface area contributed by atoms with Crippen molar-refractivity contribution < 1.29 is 99.5 Å². The van der Waals surface area contributed by atoms with Crippen molar-refractivity contribution in [2.75, 3.05) is 35.9 Å². The molecular weight excluding hydrogens is 812 g/mol. The number of fused-ring (bicyclic) bond motifs is 1. The zero-order valence-electron chi connectivity index (χ0n) is 29.9. The molecule has 0 bridgehead atoms. The van der Waals surface area contributed by atoms with Gasteiger partial charge in [-0.3, -0.25) is 4.72 Å². The number of morpholine rings is 1. The van der Waals surface area contributed by atoms with Gasteiger partial charge in [-0.05, 0) is 76.2 Å². The Labute approximate surface area is 356 Å². The summed E-state index contributed by atoms with van der Waals surface area (Å²) >= 11 is 0. The Hall–Kier alpha value is -2.58. The molecule has 0 spiro atoms. The number of phenolic OH excluding ortho intramolecular Hbond substituents is 1. The third kappa shape index (κ3) is 9.50. The fourth-order valence-corrected chi connectivity index (χ4v) is 10.5. The molecule has 0 amide bonds. The molecule has 4 N–H and O–H groups in total. The van der Waals surface area contributed by atoms with Crippen molar-refractivity contribution in [2.45, 2.75) is 59.4 Å². The molecule has 22 heteroatoms. The predicted molar refractivity (Wildman–Crippen MR) is 195 cm³/mol. The number of aromatic hydroxyl groups is 1. The van der Waals surface area contributed by atoms with Crippen molar-refractivity contribution >= 4 is 73.7 Å². The Bertz CT molecular complexity index is 2540. The maximum atomic E-state index is 14.1. The van der Waals surface area contributed by atoms with Crippen molar-refractivity contribution in [3.63, 3.8) is 0 Å². The number of benzene rings is 4. The number of nitrogens with one attached hydrogen (secondary N) is 1. The third-order valence-electron chi connectivity index (χ3n) is 8.17. The number of hydrogen-bond acceptors (Lipinski definition) is 14. The fraction of sp³-hybridized carbons (Fsp3) is 0.312. The molecule has 0 saturated carbocycles. The average Bonchev–Trinajstić information content (AvgIpc) is 3.07. The van der Waals surface area contributed by atoms with E-state index in [9.17, 15) is 43.3 Å². The van der Waals surface area contributed by atoms with E-state index < -0.39 is 72.7 Å². The Morgan fingerprint density at radius 3 is 2.04 bits per heavy atom. The predicted octanol–water partition coefficient (Wildman–Crippen LogP) is 0.961. The van der Waals surface area contributed by atoms with E-state index in [1.165, 1.54) is 40.7 Å². The molecule has 0 atom stereocenters. The summed E-state index contributed by atoms with van der Waals surface area (Å²) in [5.74, 6) is -0.725. The van der Waals surface area contributed by atoms with Gasteiger partial charge in [0.2, 0.25) is 20.0 Å². The van der Waals surface area contributed by atoms with Gasteiger partial charge < -0.3 is 19.3 Å². The first-order valence-corrected chi connectivity index (χ1v) is 21.8. The summed E-state index contributed by atoms with van der Waals surface area (Å²) in [7, 11) is -18.4. The molecule has 54 heavy (non-hydrogen) atoms. The Morgan fingerprint density at radius 1 is 0.833 bits per heavy atom. The Balaban J connectivity index is 0.00000650. The van der Waals surface area contributed by atoms with Crippen LogP contribution in [-0.4, -0.2) is 86.0 Å². The van der Waals surface area contributed by atoms with Gasteiger partial charge in [0.25, 0.3) is 10.0 Å². The molecule has 286 valence electrons. The van der Waals surface area contributed by atoms with Crippen LogP contribution in [0.3, 0.4) is 0 Å². The topological polar surface area (TPSA) is 258 Å². The van der Waals surface area contributed by atoms with Crippen molar-refractivity contribution in [3.8, 4) is 5.75 Å². The van der Waals surface area contributed by atoms with Crippen LogP contribution in [0, 0.1) is 0 Å². The normalized spacial score (nSPS) is 14.6. The Kier molecular flexibility index (Phi) is 13.8. The van der Waals surface area contributed by atoms with Gasteiger partial charge in [0.05, 0.1) is 45.8 Å². The molecule has 1 heterocycles. The number of phenols is 1. The van der Waals surface area contributed by atoms with E-state index in [0.717, 1.165) is 24.3 Å². The van der Waals surface area contributed by atoms with Gasteiger partial charge >= 0.3 is 51.4 Å². The zero-order chi connectivity index (χ0) is 39.1. The van der Waals surface area contributed by atoms with Crippen LogP contribution < -0.4 is 66.1 Å².